The summed E-state index contributed by atoms with van der Waals surface area (Å²) in [6.45, 7) is 7.11. The number of halogens is 1. The van der Waals surface area contributed by atoms with Crippen LogP contribution in [0.4, 0.5) is 4.39 Å². The van der Waals surface area contributed by atoms with Crippen LogP contribution in [0.5, 0.6) is 11.6 Å². The second-order valence-corrected chi connectivity index (χ2v) is 8.81. The average molecular weight is 484 g/mol. The monoisotopic (exact) mass is 483 g/mol. The fraction of sp³-hybridized carbons (Fsp3) is 0.444. The first kappa shape index (κ1) is 25.3. The molecule has 0 spiro atoms. The smallest absolute Gasteiger partial charge is 0.227 e. The van der Waals surface area contributed by atoms with Gasteiger partial charge in [-0.2, -0.15) is 5.10 Å². The number of nitrogens with zero attached hydrogens (tertiary/aromatic N) is 3. The molecule has 8 heteroatoms. The Morgan fingerprint density at radius 3 is 2.66 bits per heavy atom. The lowest BCUT2D eigenvalue weighted by atomic mass is 10.1. The second-order valence-electron chi connectivity index (χ2n) is 8.81. The van der Waals surface area contributed by atoms with Gasteiger partial charge < -0.3 is 19.3 Å². The maximum absolute atomic E-state index is 13.5. The zero-order valence-corrected chi connectivity index (χ0v) is 20.4. The molecule has 4 rings (SSSR count). The molecule has 2 aromatic carbocycles. The summed E-state index contributed by atoms with van der Waals surface area (Å²) >= 11 is 0. The van der Waals surface area contributed by atoms with Gasteiger partial charge in [0.2, 0.25) is 5.88 Å². The van der Waals surface area contributed by atoms with Crippen molar-refractivity contribution in [3.8, 4) is 17.3 Å². The summed E-state index contributed by atoms with van der Waals surface area (Å²) in [7, 11) is 0. The Bertz CT molecular complexity index is 1050. The Morgan fingerprint density at radius 2 is 1.97 bits per heavy atom. The number of benzene rings is 2. The van der Waals surface area contributed by atoms with Crippen molar-refractivity contribution in [2.24, 2.45) is 0 Å². The molecule has 1 fully saturated rings. The molecule has 0 aliphatic carbocycles. The number of aromatic nitrogens is 2. The molecular formula is C27H34FN3O4. The van der Waals surface area contributed by atoms with E-state index >= 15 is 0 Å². The zero-order valence-electron chi connectivity index (χ0n) is 20.4. The van der Waals surface area contributed by atoms with Crippen LogP contribution in [0.2, 0.25) is 0 Å². The van der Waals surface area contributed by atoms with E-state index in [0.29, 0.717) is 37.9 Å². The molecule has 3 aromatic rings. The van der Waals surface area contributed by atoms with Gasteiger partial charge in [-0.1, -0.05) is 18.2 Å². The quantitative estimate of drug-likeness (QED) is 0.409. The van der Waals surface area contributed by atoms with Crippen LogP contribution in [0.1, 0.15) is 31.0 Å². The van der Waals surface area contributed by atoms with Gasteiger partial charge >= 0.3 is 0 Å². The Morgan fingerprint density at radius 1 is 1.20 bits per heavy atom. The number of hydrogen-bond donors (Lipinski definition) is 1. The molecule has 0 saturated carbocycles. The van der Waals surface area contributed by atoms with Gasteiger partial charge in [-0.05, 0) is 63.1 Å². The molecule has 2 heterocycles. The third-order valence-electron chi connectivity index (χ3n) is 6.02. The molecule has 0 bridgehead atoms. The van der Waals surface area contributed by atoms with Gasteiger partial charge in [0.25, 0.3) is 0 Å². The standard InChI is InChI=1S/C27H34FN3O4/c1-3-33-19-23(32)16-30(17-25-10-7-15-34-25)18-26-20(2)29-31(22-8-5-4-6-9-22)27(26)35-24-13-11-21(28)12-14-24/h4-6,8-9,11-14,23,25,32H,3,7,10,15-19H2,1-2H3/t23-,25-/m0/s1. The molecule has 1 aliphatic heterocycles. The predicted octanol–water partition coefficient (Wildman–Crippen LogP) is 4.49. The van der Waals surface area contributed by atoms with Gasteiger partial charge in [-0.3, -0.25) is 4.90 Å². The Labute approximate surface area is 206 Å². The molecule has 0 unspecified atom stereocenters. The van der Waals surface area contributed by atoms with Crippen molar-refractivity contribution in [3.63, 3.8) is 0 Å². The van der Waals surface area contributed by atoms with E-state index < -0.39 is 6.10 Å². The molecule has 1 saturated heterocycles. The molecule has 0 amide bonds. The summed E-state index contributed by atoms with van der Waals surface area (Å²) in [5, 5.41) is 15.4. The molecule has 0 radical (unpaired) electrons. The first-order chi connectivity index (χ1) is 17.0. The van der Waals surface area contributed by atoms with E-state index in [1.54, 1.807) is 16.8 Å². The van der Waals surface area contributed by atoms with Gasteiger partial charge in [0, 0.05) is 32.8 Å². The lowest BCUT2D eigenvalue weighted by Crippen LogP contribution is -2.39. The van der Waals surface area contributed by atoms with Crippen molar-refractivity contribution in [1.29, 1.82) is 0 Å². The van der Waals surface area contributed by atoms with E-state index in [1.165, 1.54) is 12.1 Å². The van der Waals surface area contributed by atoms with Gasteiger partial charge in [-0.25, -0.2) is 9.07 Å². The minimum atomic E-state index is -0.623. The topological polar surface area (TPSA) is 69.0 Å². The number of aliphatic hydroxyl groups excluding tert-OH is 1. The lowest BCUT2D eigenvalue weighted by molar-refractivity contribution is 0.00498. The fourth-order valence-electron chi connectivity index (χ4n) is 4.29. The van der Waals surface area contributed by atoms with Crippen LogP contribution in [0.25, 0.3) is 5.69 Å². The molecule has 188 valence electrons. The highest BCUT2D eigenvalue weighted by Gasteiger charge is 2.26. The van der Waals surface area contributed by atoms with Crippen LogP contribution >= 0.6 is 0 Å². The van der Waals surface area contributed by atoms with E-state index in [2.05, 4.69) is 4.90 Å². The van der Waals surface area contributed by atoms with E-state index in [-0.39, 0.29) is 18.5 Å². The van der Waals surface area contributed by atoms with Gasteiger partial charge in [0.15, 0.2) is 0 Å². The summed E-state index contributed by atoms with van der Waals surface area (Å²) < 4.78 is 32.9. The van der Waals surface area contributed by atoms with Crippen LogP contribution in [0.3, 0.4) is 0 Å². The molecule has 1 aliphatic rings. The van der Waals surface area contributed by atoms with E-state index in [1.807, 2.05) is 44.2 Å². The summed E-state index contributed by atoms with van der Waals surface area (Å²) in [5.41, 5.74) is 2.59. The fourth-order valence-corrected chi connectivity index (χ4v) is 4.29. The molecule has 1 N–H and O–H groups in total. The summed E-state index contributed by atoms with van der Waals surface area (Å²) in [4.78, 5) is 2.18. The average Bonchev–Trinajstić information content (AvgIpc) is 3.48. The minimum Gasteiger partial charge on any atom is -0.439 e. The summed E-state index contributed by atoms with van der Waals surface area (Å²) in [5.74, 6) is 0.764. The Balaban J connectivity index is 1.65. The van der Waals surface area contributed by atoms with Crippen LogP contribution in [0.15, 0.2) is 54.6 Å². The maximum Gasteiger partial charge on any atom is 0.227 e. The van der Waals surface area contributed by atoms with Crippen molar-refractivity contribution in [2.45, 2.75) is 45.4 Å². The van der Waals surface area contributed by atoms with Gasteiger partial charge in [0.05, 0.1) is 35.8 Å². The molecular weight excluding hydrogens is 449 g/mol. The first-order valence-corrected chi connectivity index (χ1v) is 12.2. The van der Waals surface area contributed by atoms with Crippen LogP contribution in [-0.4, -0.2) is 64.9 Å². The predicted molar refractivity (Wildman–Crippen MR) is 132 cm³/mol. The molecule has 7 nitrogen and oxygen atoms in total. The van der Waals surface area contributed by atoms with Gasteiger partial charge in [0.1, 0.15) is 11.6 Å². The van der Waals surface area contributed by atoms with E-state index in [0.717, 1.165) is 36.4 Å². The molecule has 35 heavy (non-hydrogen) atoms. The van der Waals surface area contributed by atoms with Gasteiger partial charge in [-0.15, -0.1) is 0 Å². The number of ether oxygens (including phenoxy) is 3. The van der Waals surface area contributed by atoms with Crippen molar-refractivity contribution >= 4 is 0 Å². The first-order valence-electron chi connectivity index (χ1n) is 12.2. The van der Waals surface area contributed by atoms with Crippen LogP contribution in [-0.2, 0) is 16.0 Å². The third kappa shape index (κ3) is 6.89. The number of para-hydroxylation sites is 1. The second kappa shape index (κ2) is 12.3. The third-order valence-corrected chi connectivity index (χ3v) is 6.02. The highest BCUT2D eigenvalue weighted by molar-refractivity contribution is 5.43. The number of aryl methyl sites for hydroxylation is 1. The summed E-state index contributed by atoms with van der Waals surface area (Å²) in [6, 6.07) is 15.7. The summed E-state index contributed by atoms with van der Waals surface area (Å²) in [6.07, 6.45) is 1.55. The maximum atomic E-state index is 13.5. The van der Waals surface area contributed by atoms with Crippen molar-refractivity contribution in [2.75, 3.05) is 32.9 Å². The van der Waals surface area contributed by atoms with E-state index in [4.69, 9.17) is 19.3 Å². The highest BCUT2D eigenvalue weighted by Crippen LogP contribution is 2.32. The number of hydrogen-bond acceptors (Lipinski definition) is 6. The zero-order chi connectivity index (χ0) is 24.6. The van der Waals surface area contributed by atoms with Crippen molar-refractivity contribution in [1.82, 2.24) is 14.7 Å². The molecule has 2 atom stereocenters. The SMILES string of the molecule is CCOC[C@@H](O)CN(Cc1c(C)nn(-c2ccccc2)c1Oc1ccc(F)cc1)C[C@@H]1CCCO1. The highest BCUT2D eigenvalue weighted by atomic mass is 19.1. The number of aliphatic hydroxyl groups is 1. The Hall–Kier alpha value is -2.78. The normalized spacial score (nSPS) is 16.7. The molecule has 1 aromatic heterocycles. The minimum absolute atomic E-state index is 0.125. The van der Waals surface area contributed by atoms with Crippen LogP contribution < -0.4 is 4.74 Å². The number of rotatable bonds is 12. The van der Waals surface area contributed by atoms with Crippen molar-refractivity contribution in [3.05, 3.63) is 71.7 Å². The largest absolute Gasteiger partial charge is 0.439 e. The van der Waals surface area contributed by atoms with Crippen LogP contribution in [0, 0.1) is 12.7 Å². The Kier molecular flexibility index (Phi) is 8.87. The van der Waals surface area contributed by atoms with Crippen molar-refractivity contribution < 1.29 is 23.7 Å². The lowest BCUT2D eigenvalue weighted by Gasteiger charge is -2.27. The van der Waals surface area contributed by atoms with E-state index in [9.17, 15) is 9.50 Å².